The van der Waals surface area contributed by atoms with Crippen LogP contribution < -0.4 is 9.46 Å². The van der Waals surface area contributed by atoms with Gasteiger partial charge in [0.1, 0.15) is 12.4 Å². The number of rotatable bonds is 9. The van der Waals surface area contributed by atoms with Crippen LogP contribution >= 0.6 is 0 Å². The zero-order valence-corrected chi connectivity index (χ0v) is 17.7. The first kappa shape index (κ1) is 21.9. The molecule has 0 aliphatic rings. The highest BCUT2D eigenvalue weighted by Gasteiger charge is 2.16. The molecule has 152 valence electrons. The van der Waals surface area contributed by atoms with Crippen LogP contribution in [0.4, 0.5) is 0 Å². The summed E-state index contributed by atoms with van der Waals surface area (Å²) in [7, 11) is -1.94. The minimum absolute atomic E-state index is 0.0527. The standard InChI is InChI=1S/C21H28N2O4S/c1-16-9-10-19(15-18(16)3)28(25,26)22-12-11-21(24)23(4)13-14-27-20-8-6-5-7-17(20)2/h5-10,15,22H,11-14H2,1-4H3. The number of aryl methyl sites for hydroxylation is 3. The van der Waals surface area contributed by atoms with Gasteiger partial charge in [0.05, 0.1) is 11.4 Å². The van der Waals surface area contributed by atoms with Gasteiger partial charge in [0.2, 0.25) is 15.9 Å². The molecule has 2 aromatic carbocycles. The fourth-order valence-electron chi connectivity index (χ4n) is 2.58. The third kappa shape index (κ3) is 6.07. The van der Waals surface area contributed by atoms with Crippen LogP contribution in [0.3, 0.4) is 0 Å². The lowest BCUT2D eigenvalue weighted by molar-refractivity contribution is -0.130. The number of hydrogen-bond acceptors (Lipinski definition) is 4. The number of ether oxygens (including phenoxy) is 1. The summed E-state index contributed by atoms with van der Waals surface area (Å²) in [4.78, 5) is 14.0. The number of likely N-dealkylation sites (N-methyl/N-ethyl adjacent to an activating group) is 1. The van der Waals surface area contributed by atoms with Gasteiger partial charge < -0.3 is 9.64 Å². The first-order valence-electron chi connectivity index (χ1n) is 9.20. The van der Waals surface area contributed by atoms with Crippen molar-refractivity contribution < 1.29 is 17.9 Å². The number of carbonyl (C=O) groups is 1. The highest BCUT2D eigenvalue weighted by Crippen LogP contribution is 2.16. The molecule has 0 fully saturated rings. The van der Waals surface area contributed by atoms with Gasteiger partial charge in [0.25, 0.3) is 0 Å². The van der Waals surface area contributed by atoms with Crippen LogP contribution in [0.1, 0.15) is 23.1 Å². The predicted octanol–water partition coefficient (Wildman–Crippen LogP) is 2.82. The molecule has 0 saturated heterocycles. The van der Waals surface area contributed by atoms with Gasteiger partial charge in [-0.25, -0.2) is 13.1 Å². The molecule has 2 rings (SSSR count). The molecule has 0 unspecified atom stereocenters. The van der Waals surface area contributed by atoms with Crippen molar-refractivity contribution in [3.8, 4) is 5.75 Å². The Labute approximate surface area is 167 Å². The molecule has 1 amide bonds. The van der Waals surface area contributed by atoms with E-state index in [9.17, 15) is 13.2 Å². The van der Waals surface area contributed by atoms with E-state index in [1.807, 2.05) is 45.0 Å². The second-order valence-electron chi connectivity index (χ2n) is 6.82. The van der Waals surface area contributed by atoms with E-state index in [0.717, 1.165) is 22.4 Å². The van der Waals surface area contributed by atoms with Crippen molar-refractivity contribution in [1.82, 2.24) is 9.62 Å². The van der Waals surface area contributed by atoms with Gasteiger partial charge in [0.15, 0.2) is 0 Å². The number of sulfonamides is 1. The van der Waals surface area contributed by atoms with Crippen LogP contribution in [-0.4, -0.2) is 46.0 Å². The van der Waals surface area contributed by atoms with Crippen LogP contribution in [0.15, 0.2) is 47.4 Å². The molecular formula is C21H28N2O4S. The van der Waals surface area contributed by atoms with Gasteiger partial charge in [-0.3, -0.25) is 4.79 Å². The molecule has 6 nitrogen and oxygen atoms in total. The lowest BCUT2D eigenvalue weighted by atomic mass is 10.1. The summed E-state index contributed by atoms with van der Waals surface area (Å²) in [6.45, 7) is 6.61. The number of carbonyl (C=O) groups excluding carboxylic acids is 1. The highest BCUT2D eigenvalue weighted by atomic mass is 32.2. The Kier molecular flexibility index (Phi) is 7.60. The maximum absolute atomic E-state index is 12.4. The van der Waals surface area contributed by atoms with Crippen LogP contribution in [-0.2, 0) is 14.8 Å². The number of benzene rings is 2. The maximum atomic E-state index is 12.4. The number of nitrogens with zero attached hydrogens (tertiary/aromatic N) is 1. The quantitative estimate of drug-likeness (QED) is 0.697. The molecule has 0 spiro atoms. The van der Waals surface area contributed by atoms with Gasteiger partial charge in [-0.05, 0) is 55.7 Å². The van der Waals surface area contributed by atoms with Crippen molar-refractivity contribution >= 4 is 15.9 Å². The summed E-state index contributed by atoms with van der Waals surface area (Å²) in [5.74, 6) is 0.653. The lowest BCUT2D eigenvalue weighted by Gasteiger charge is -2.18. The average molecular weight is 405 g/mol. The van der Waals surface area contributed by atoms with Crippen LogP contribution in [0.2, 0.25) is 0 Å². The van der Waals surface area contributed by atoms with Crippen LogP contribution in [0.5, 0.6) is 5.75 Å². The van der Waals surface area contributed by atoms with Gasteiger partial charge in [-0.2, -0.15) is 0 Å². The van der Waals surface area contributed by atoms with Gasteiger partial charge in [-0.1, -0.05) is 24.3 Å². The Morgan fingerprint density at radius 3 is 2.43 bits per heavy atom. The van der Waals surface area contributed by atoms with Crippen molar-refractivity contribution in [2.75, 3.05) is 26.7 Å². The summed E-state index contributed by atoms with van der Waals surface area (Å²) in [6.07, 6.45) is 0.0882. The molecule has 0 radical (unpaired) electrons. The second-order valence-corrected chi connectivity index (χ2v) is 8.59. The maximum Gasteiger partial charge on any atom is 0.240 e. The van der Waals surface area contributed by atoms with E-state index in [1.165, 1.54) is 0 Å². The third-order valence-electron chi connectivity index (χ3n) is 4.62. The van der Waals surface area contributed by atoms with Crippen LogP contribution in [0.25, 0.3) is 0 Å². The Bertz CT molecular complexity index is 926. The predicted molar refractivity (Wildman–Crippen MR) is 110 cm³/mol. The zero-order valence-electron chi connectivity index (χ0n) is 16.9. The Hall–Kier alpha value is -2.38. The molecule has 7 heteroatoms. The van der Waals surface area contributed by atoms with E-state index in [2.05, 4.69) is 4.72 Å². The van der Waals surface area contributed by atoms with E-state index in [-0.39, 0.29) is 23.8 Å². The molecule has 0 aliphatic heterocycles. The lowest BCUT2D eigenvalue weighted by Crippen LogP contribution is -2.34. The number of amides is 1. The smallest absolute Gasteiger partial charge is 0.240 e. The van der Waals surface area contributed by atoms with Gasteiger partial charge >= 0.3 is 0 Å². The number of nitrogens with one attached hydrogen (secondary N) is 1. The topological polar surface area (TPSA) is 75.7 Å². The first-order chi connectivity index (χ1) is 13.2. The van der Waals surface area contributed by atoms with E-state index in [1.54, 1.807) is 30.1 Å². The molecule has 0 bridgehead atoms. The molecule has 0 heterocycles. The molecule has 0 aromatic heterocycles. The fourth-order valence-corrected chi connectivity index (χ4v) is 3.70. The van der Waals surface area contributed by atoms with Crippen molar-refractivity contribution in [1.29, 1.82) is 0 Å². The minimum atomic E-state index is -3.62. The van der Waals surface area contributed by atoms with E-state index in [4.69, 9.17) is 4.74 Å². The summed E-state index contributed by atoms with van der Waals surface area (Å²) < 4.78 is 32.9. The molecular weight excluding hydrogens is 376 g/mol. The Morgan fingerprint density at radius 2 is 1.75 bits per heavy atom. The van der Waals surface area contributed by atoms with E-state index < -0.39 is 10.0 Å². The Balaban J connectivity index is 1.77. The number of para-hydroxylation sites is 1. The van der Waals surface area contributed by atoms with Gasteiger partial charge in [-0.15, -0.1) is 0 Å². The first-order valence-corrected chi connectivity index (χ1v) is 10.7. The summed E-state index contributed by atoms with van der Waals surface area (Å²) >= 11 is 0. The fraction of sp³-hybridized carbons (Fsp3) is 0.381. The van der Waals surface area contributed by atoms with Crippen molar-refractivity contribution in [3.05, 3.63) is 59.2 Å². The van der Waals surface area contributed by atoms with E-state index in [0.29, 0.717) is 13.2 Å². The molecule has 2 aromatic rings. The second kappa shape index (κ2) is 9.71. The highest BCUT2D eigenvalue weighted by molar-refractivity contribution is 7.89. The van der Waals surface area contributed by atoms with Crippen molar-refractivity contribution in [2.45, 2.75) is 32.1 Å². The molecule has 0 saturated carbocycles. The summed E-state index contributed by atoms with van der Waals surface area (Å²) in [5, 5.41) is 0. The van der Waals surface area contributed by atoms with Crippen LogP contribution in [0, 0.1) is 20.8 Å². The van der Waals surface area contributed by atoms with Crippen molar-refractivity contribution in [2.24, 2.45) is 0 Å². The normalized spacial score (nSPS) is 11.3. The monoisotopic (exact) mass is 404 g/mol. The minimum Gasteiger partial charge on any atom is -0.491 e. The van der Waals surface area contributed by atoms with Gasteiger partial charge in [0, 0.05) is 20.0 Å². The summed E-state index contributed by atoms with van der Waals surface area (Å²) in [6, 6.07) is 12.7. The van der Waals surface area contributed by atoms with Crippen molar-refractivity contribution in [3.63, 3.8) is 0 Å². The average Bonchev–Trinajstić information content (AvgIpc) is 2.65. The zero-order chi connectivity index (χ0) is 20.7. The largest absolute Gasteiger partial charge is 0.491 e. The third-order valence-corrected chi connectivity index (χ3v) is 6.08. The number of hydrogen-bond donors (Lipinski definition) is 1. The molecule has 0 aliphatic carbocycles. The Morgan fingerprint density at radius 1 is 1.04 bits per heavy atom. The summed E-state index contributed by atoms with van der Waals surface area (Å²) in [5.41, 5.74) is 2.98. The molecule has 0 atom stereocenters. The molecule has 1 N–H and O–H groups in total. The molecule has 28 heavy (non-hydrogen) atoms. The van der Waals surface area contributed by atoms with E-state index >= 15 is 0 Å². The SMILES string of the molecule is Cc1ccc(S(=O)(=O)NCCC(=O)N(C)CCOc2ccccc2C)cc1C.